The predicted molar refractivity (Wildman–Crippen MR) is 101 cm³/mol. The zero-order chi connectivity index (χ0) is 19.1. The number of fused-ring (bicyclic) bond motifs is 1. The smallest absolute Gasteiger partial charge is 0.349 e. The minimum atomic E-state index is -3.09. The largest absolute Gasteiger partial charge is 0.448 e. The number of sulfone groups is 1. The molecule has 26 heavy (non-hydrogen) atoms. The van der Waals surface area contributed by atoms with Gasteiger partial charge in [-0.25, -0.2) is 13.2 Å². The molecular weight excluding hydrogens is 374 g/mol. The molecule has 1 aromatic carbocycles. The van der Waals surface area contributed by atoms with Crippen LogP contribution < -0.4 is 0 Å². The topological polar surface area (TPSA) is 80.8 Å². The third-order valence-electron chi connectivity index (χ3n) is 4.76. The van der Waals surface area contributed by atoms with E-state index in [0.29, 0.717) is 11.3 Å². The first-order chi connectivity index (χ1) is 12.2. The number of aryl methyl sites for hydroxylation is 1. The Hall–Kier alpha value is -1.93. The summed E-state index contributed by atoms with van der Waals surface area (Å²) in [6.45, 7) is 3.38. The first-order valence-electron chi connectivity index (χ1n) is 8.36. The number of ether oxygens (including phenoxy) is 1. The molecule has 0 radical (unpaired) electrons. The van der Waals surface area contributed by atoms with Gasteiger partial charge in [0.15, 0.2) is 15.9 Å². The molecule has 140 valence electrons. The fraction of sp³-hybridized carbons (Fsp3) is 0.444. The van der Waals surface area contributed by atoms with Crippen LogP contribution in [0.25, 0.3) is 10.1 Å². The van der Waals surface area contributed by atoms with Crippen LogP contribution in [0.1, 0.15) is 28.6 Å². The Balaban J connectivity index is 1.70. The number of benzene rings is 1. The summed E-state index contributed by atoms with van der Waals surface area (Å²) >= 11 is 1.34. The standard InChI is InChI=1S/C18H21NO5S2/c1-11-14-6-4-5-7-15(14)25-16(11)18(21)24-12(2)17(20)19(3)13-8-9-26(22,23)10-13/h4-7,12-13H,8-10H2,1-3H3/t12-,13-/m0/s1. The molecule has 0 aliphatic carbocycles. The highest BCUT2D eigenvalue weighted by atomic mass is 32.2. The van der Waals surface area contributed by atoms with Crippen molar-refractivity contribution in [3.05, 3.63) is 34.7 Å². The molecule has 0 saturated carbocycles. The minimum absolute atomic E-state index is 0.0364. The fourth-order valence-corrected chi connectivity index (χ4v) is 6.05. The number of likely N-dealkylation sites (N-methyl/N-ethyl adjacent to an activating group) is 1. The summed E-state index contributed by atoms with van der Waals surface area (Å²) < 4.78 is 29.6. The maximum atomic E-state index is 12.5. The van der Waals surface area contributed by atoms with E-state index in [9.17, 15) is 18.0 Å². The van der Waals surface area contributed by atoms with Crippen molar-refractivity contribution >= 4 is 43.1 Å². The van der Waals surface area contributed by atoms with Crippen molar-refractivity contribution in [2.45, 2.75) is 32.4 Å². The van der Waals surface area contributed by atoms with E-state index in [2.05, 4.69) is 0 Å². The Morgan fingerprint density at radius 3 is 2.62 bits per heavy atom. The quantitative estimate of drug-likeness (QED) is 0.743. The van der Waals surface area contributed by atoms with Gasteiger partial charge in [0.05, 0.1) is 11.5 Å². The van der Waals surface area contributed by atoms with Gasteiger partial charge in [-0.2, -0.15) is 0 Å². The van der Waals surface area contributed by atoms with E-state index in [4.69, 9.17) is 4.74 Å². The Morgan fingerprint density at radius 1 is 1.31 bits per heavy atom. The van der Waals surface area contributed by atoms with Crippen LogP contribution in [0.2, 0.25) is 0 Å². The number of rotatable bonds is 4. The molecular formula is C18H21NO5S2. The number of nitrogens with zero attached hydrogens (tertiary/aromatic N) is 1. The molecule has 1 saturated heterocycles. The number of carbonyl (C=O) groups excluding carboxylic acids is 2. The first-order valence-corrected chi connectivity index (χ1v) is 11.0. The minimum Gasteiger partial charge on any atom is -0.448 e. The van der Waals surface area contributed by atoms with E-state index in [1.807, 2.05) is 31.2 Å². The highest BCUT2D eigenvalue weighted by Crippen LogP contribution is 2.31. The van der Waals surface area contributed by atoms with Gasteiger partial charge in [-0.05, 0) is 37.3 Å². The summed E-state index contributed by atoms with van der Waals surface area (Å²) in [5, 5.41) is 0.997. The third kappa shape index (κ3) is 3.61. The molecule has 0 bridgehead atoms. The van der Waals surface area contributed by atoms with Gasteiger partial charge in [0.25, 0.3) is 5.91 Å². The van der Waals surface area contributed by atoms with Gasteiger partial charge in [0, 0.05) is 17.8 Å². The lowest BCUT2D eigenvalue weighted by Gasteiger charge is -2.26. The van der Waals surface area contributed by atoms with Crippen molar-refractivity contribution in [2.75, 3.05) is 18.6 Å². The maximum absolute atomic E-state index is 12.5. The van der Waals surface area contributed by atoms with Gasteiger partial charge in [-0.15, -0.1) is 11.3 Å². The van der Waals surface area contributed by atoms with E-state index < -0.39 is 21.9 Å². The lowest BCUT2D eigenvalue weighted by Crippen LogP contribution is -2.44. The number of hydrogen-bond donors (Lipinski definition) is 0. The highest BCUT2D eigenvalue weighted by Gasteiger charge is 2.35. The van der Waals surface area contributed by atoms with Gasteiger partial charge < -0.3 is 9.64 Å². The van der Waals surface area contributed by atoms with Gasteiger partial charge in [0.2, 0.25) is 0 Å². The second-order valence-corrected chi connectivity index (χ2v) is 9.89. The zero-order valence-corrected chi connectivity index (χ0v) is 16.5. The molecule has 2 aromatic rings. The van der Waals surface area contributed by atoms with Crippen LogP contribution >= 0.6 is 11.3 Å². The Labute approximate surface area is 156 Å². The molecule has 1 aliphatic heterocycles. The Bertz CT molecular complexity index is 963. The molecule has 1 aliphatic rings. The number of carbonyl (C=O) groups is 2. The summed E-state index contributed by atoms with van der Waals surface area (Å²) in [4.78, 5) is 26.9. The van der Waals surface area contributed by atoms with E-state index >= 15 is 0 Å². The summed E-state index contributed by atoms with van der Waals surface area (Å²) in [7, 11) is -1.53. The van der Waals surface area contributed by atoms with E-state index in [0.717, 1.165) is 15.6 Å². The lowest BCUT2D eigenvalue weighted by molar-refractivity contribution is -0.140. The molecule has 0 unspecified atom stereocenters. The fourth-order valence-electron chi connectivity index (χ4n) is 3.18. The highest BCUT2D eigenvalue weighted by molar-refractivity contribution is 7.91. The van der Waals surface area contributed by atoms with Gasteiger partial charge in [0.1, 0.15) is 4.88 Å². The Kier molecular flexibility index (Phi) is 5.07. The lowest BCUT2D eigenvalue weighted by atomic mass is 10.1. The number of amides is 1. The van der Waals surface area contributed by atoms with Crippen LogP contribution in [-0.4, -0.2) is 55.9 Å². The van der Waals surface area contributed by atoms with Gasteiger partial charge in [-0.1, -0.05) is 18.2 Å². The monoisotopic (exact) mass is 395 g/mol. The number of thiophene rings is 1. The van der Waals surface area contributed by atoms with Crippen LogP contribution in [0.5, 0.6) is 0 Å². The van der Waals surface area contributed by atoms with Crippen LogP contribution in [0.15, 0.2) is 24.3 Å². The van der Waals surface area contributed by atoms with Crippen molar-refractivity contribution in [2.24, 2.45) is 0 Å². The molecule has 6 nitrogen and oxygen atoms in total. The molecule has 8 heteroatoms. The van der Waals surface area contributed by atoms with E-state index in [1.54, 1.807) is 7.05 Å². The van der Waals surface area contributed by atoms with Crippen molar-refractivity contribution in [1.82, 2.24) is 4.90 Å². The summed E-state index contributed by atoms with van der Waals surface area (Å²) in [5.41, 5.74) is 0.838. The van der Waals surface area contributed by atoms with Crippen LogP contribution in [0.3, 0.4) is 0 Å². The molecule has 0 N–H and O–H groups in total. The third-order valence-corrected chi connectivity index (χ3v) is 7.77. The molecule has 1 amide bonds. The van der Waals surface area contributed by atoms with Crippen molar-refractivity contribution in [1.29, 1.82) is 0 Å². The predicted octanol–water partition coefficient (Wildman–Crippen LogP) is 2.40. The zero-order valence-electron chi connectivity index (χ0n) is 14.9. The van der Waals surface area contributed by atoms with E-state index in [1.165, 1.54) is 23.2 Å². The normalized spacial score (nSPS) is 20.0. The van der Waals surface area contributed by atoms with Crippen LogP contribution in [0, 0.1) is 6.92 Å². The van der Waals surface area contributed by atoms with Crippen LogP contribution in [0.4, 0.5) is 0 Å². The van der Waals surface area contributed by atoms with Gasteiger partial charge in [-0.3, -0.25) is 4.79 Å². The number of esters is 1. The van der Waals surface area contributed by atoms with Gasteiger partial charge >= 0.3 is 5.97 Å². The second kappa shape index (κ2) is 7.00. The van der Waals surface area contributed by atoms with Crippen molar-refractivity contribution in [3.8, 4) is 0 Å². The van der Waals surface area contributed by atoms with Crippen LogP contribution in [-0.2, 0) is 19.4 Å². The first kappa shape index (κ1) is 18.8. The average Bonchev–Trinajstić information content (AvgIpc) is 3.13. The van der Waals surface area contributed by atoms with E-state index in [-0.39, 0.29) is 23.5 Å². The summed E-state index contributed by atoms with van der Waals surface area (Å²) in [6.07, 6.45) is -0.555. The van der Waals surface area contributed by atoms with Crippen molar-refractivity contribution < 1.29 is 22.7 Å². The average molecular weight is 396 g/mol. The molecule has 3 rings (SSSR count). The summed E-state index contributed by atoms with van der Waals surface area (Å²) in [5.74, 6) is -0.869. The molecule has 0 spiro atoms. The molecule has 1 aromatic heterocycles. The number of hydrogen-bond acceptors (Lipinski definition) is 6. The molecule has 1 fully saturated rings. The molecule has 2 heterocycles. The SMILES string of the molecule is Cc1c(C(=O)O[C@@H](C)C(=O)N(C)[C@H]2CCS(=O)(=O)C2)sc2ccccc12. The summed E-state index contributed by atoms with van der Waals surface area (Å²) in [6, 6.07) is 7.34. The van der Waals surface area contributed by atoms with Crippen molar-refractivity contribution in [3.63, 3.8) is 0 Å². The second-order valence-electron chi connectivity index (χ2n) is 6.61. The molecule has 2 atom stereocenters. The maximum Gasteiger partial charge on any atom is 0.349 e. The Morgan fingerprint density at radius 2 is 2.00 bits per heavy atom.